The highest BCUT2D eigenvalue weighted by Crippen LogP contribution is 2.18. The average Bonchev–Trinajstić information content (AvgIpc) is 2.27. The molecular weight excluding hydrogens is 244 g/mol. The number of hydrogen-bond donors (Lipinski definition) is 3. The third-order valence-electron chi connectivity index (χ3n) is 2.97. The molecule has 0 aromatic rings. The van der Waals surface area contributed by atoms with E-state index >= 15 is 0 Å². The number of rotatable bonds is 4. The van der Waals surface area contributed by atoms with E-state index in [4.69, 9.17) is 10.9 Å². The Hall–Kier alpha value is -0.860. The molecule has 4 N–H and O–H groups in total. The molecule has 0 bridgehead atoms. The van der Waals surface area contributed by atoms with Gasteiger partial charge in [-0.1, -0.05) is 12.1 Å². The van der Waals surface area contributed by atoms with Gasteiger partial charge in [0.25, 0.3) is 10.2 Å². The molecule has 0 radical (unpaired) electrons. The lowest BCUT2D eigenvalue weighted by molar-refractivity contribution is 0.284. The van der Waals surface area contributed by atoms with Crippen LogP contribution in [0.1, 0.15) is 26.7 Å². The Morgan fingerprint density at radius 1 is 1.53 bits per heavy atom. The van der Waals surface area contributed by atoms with Gasteiger partial charge < -0.3 is 10.9 Å². The third-order valence-corrected chi connectivity index (χ3v) is 4.66. The van der Waals surface area contributed by atoms with Crippen LogP contribution in [0.5, 0.6) is 0 Å². The summed E-state index contributed by atoms with van der Waals surface area (Å²) in [7, 11) is -3.55. The van der Waals surface area contributed by atoms with Crippen molar-refractivity contribution >= 4 is 16.0 Å². The fraction of sp³-hybridized carbons (Fsp3) is 0.889. The number of nitrogens with one attached hydrogen (secondary N) is 1. The van der Waals surface area contributed by atoms with E-state index in [1.54, 1.807) is 0 Å². The van der Waals surface area contributed by atoms with Gasteiger partial charge in [-0.05, 0) is 25.7 Å². The first-order valence-corrected chi connectivity index (χ1v) is 7.05. The molecule has 1 aliphatic rings. The maximum absolute atomic E-state index is 11.9. The minimum Gasteiger partial charge on any atom is -0.409 e. The van der Waals surface area contributed by atoms with Crippen molar-refractivity contribution in [2.45, 2.75) is 32.7 Å². The van der Waals surface area contributed by atoms with E-state index in [0.29, 0.717) is 19.0 Å². The van der Waals surface area contributed by atoms with Crippen LogP contribution in [-0.4, -0.2) is 42.9 Å². The van der Waals surface area contributed by atoms with Gasteiger partial charge in [0.1, 0.15) is 0 Å². The van der Waals surface area contributed by atoms with E-state index in [9.17, 15) is 8.42 Å². The molecule has 1 rings (SSSR count). The van der Waals surface area contributed by atoms with E-state index in [1.165, 1.54) is 11.2 Å². The van der Waals surface area contributed by atoms with E-state index in [0.717, 1.165) is 12.8 Å². The molecular formula is C9H20N4O3S. The topological polar surface area (TPSA) is 108 Å². The molecule has 8 heteroatoms. The maximum Gasteiger partial charge on any atom is 0.280 e. The van der Waals surface area contributed by atoms with Crippen molar-refractivity contribution in [1.82, 2.24) is 9.03 Å². The number of piperidine rings is 1. The summed E-state index contributed by atoms with van der Waals surface area (Å²) in [6.45, 7) is 4.66. The van der Waals surface area contributed by atoms with Crippen LogP contribution in [0.25, 0.3) is 0 Å². The summed E-state index contributed by atoms with van der Waals surface area (Å²) in [5.41, 5.74) is 5.33. The minimum atomic E-state index is -3.55. The quantitative estimate of drug-likeness (QED) is 0.280. The van der Waals surface area contributed by atoms with Crippen molar-refractivity contribution in [1.29, 1.82) is 0 Å². The second-order valence-electron chi connectivity index (χ2n) is 4.45. The fourth-order valence-electron chi connectivity index (χ4n) is 1.67. The van der Waals surface area contributed by atoms with Crippen molar-refractivity contribution in [2.24, 2.45) is 16.8 Å². The monoisotopic (exact) mass is 264 g/mol. The van der Waals surface area contributed by atoms with Gasteiger partial charge in [-0.15, -0.1) is 0 Å². The van der Waals surface area contributed by atoms with Gasteiger partial charge in [-0.2, -0.15) is 17.4 Å². The summed E-state index contributed by atoms with van der Waals surface area (Å²) in [5.74, 6) is 0.405. The molecule has 0 saturated carbocycles. The summed E-state index contributed by atoms with van der Waals surface area (Å²) >= 11 is 0. The van der Waals surface area contributed by atoms with Gasteiger partial charge in [-0.25, -0.2) is 0 Å². The SMILES string of the molecule is CC1CCN(S(=O)(=O)NC(C)/C(N)=N/O)CC1. The number of nitrogens with two attached hydrogens (primary N) is 1. The number of nitrogens with zero attached hydrogens (tertiary/aromatic N) is 2. The lowest BCUT2D eigenvalue weighted by Crippen LogP contribution is -2.50. The van der Waals surface area contributed by atoms with Gasteiger partial charge in [0.2, 0.25) is 0 Å². The second kappa shape index (κ2) is 5.65. The summed E-state index contributed by atoms with van der Waals surface area (Å²) in [6, 6.07) is -0.718. The van der Waals surface area contributed by atoms with Crippen LogP contribution in [0.15, 0.2) is 5.16 Å². The van der Waals surface area contributed by atoms with Gasteiger partial charge in [0.05, 0.1) is 6.04 Å². The van der Waals surface area contributed by atoms with E-state index in [2.05, 4.69) is 16.8 Å². The first kappa shape index (κ1) is 14.2. The lowest BCUT2D eigenvalue weighted by atomic mass is 10.0. The summed E-state index contributed by atoms with van der Waals surface area (Å²) in [5, 5.41) is 11.2. The molecule has 0 spiro atoms. The molecule has 1 atom stereocenters. The molecule has 0 aliphatic carbocycles. The Labute approximate surface area is 102 Å². The predicted octanol–water partition coefficient (Wildman–Crippen LogP) is -0.312. The highest BCUT2D eigenvalue weighted by Gasteiger charge is 2.28. The van der Waals surface area contributed by atoms with E-state index in [1.807, 2.05) is 0 Å². The Morgan fingerprint density at radius 3 is 2.53 bits per heavy atom. The zero-order valence-electron chi connectivity index (χ0n) is 10.1. The minimum absolute atomic E-state index is 0.154. The predicted molar refractivity (Wildman–Crippen MR) is 64.9 cm³/mol. The van der Waals surface area contributed by atoms with Crippen LogP contribution >= 0.6 is 0 Å². The lowest BCUT2D eigenvalue weighted by Gasteiger charge is -2.30. The van der Waals surface area contributed by atoms with Crippen molar-refractivity contribution in [3.05, 3.63) is 0 Å². The molecule has 0 aromatic carbocycles. The van der Waals surface area contributed by atoms with Gasteiger partial charge in [0.15, 0.2) is 5.84 Å². The molecule has 1 unspecified atom stereocenters. The van der Waals surface area contributed by atoms with Crippen LogP contribution < -0.4 is 10.5 Å². The zero-order chi connectivity index (χ0) is 13.1. The molecule has 0 aromatic heterocycles. The third kappa shape index (κ3) is 3.83. The number of oxime groups is 1. The van der Waals surface area contributed by atoms with Crippen molar-refractivity contribution < 1.29 is 13.6 Å². The number of hydrogen-bond acceptors (Lipinski definition) is 4. The maximum atomic E-state index is 11.9. The van der Waals surface area contributed by atoms with Crippen LogP contribution in [0.2, 0.25) is 0 Å². The first-order valence-electron chi connectivity index (χ1n) is 5.61. The molecule has 1 fully saturated rings. The fourth-order valence-corrected chi connectivity index (χ4v) is 3.08. The van der Waals surface area contributed by atoms with Crippen LogP contribution in [-0.2, 0) is 10.2 Å². The zero-order valence-corrected chi connectivity index (χ0v) is 10.9. The first-order chi connectivity index (χ1) is 7.86. The van der Waals surface area contributed by atoms with Crippen LogP contribution in [0.4, 0.5) is 0 Å². The molecule has 1 saturated heterocycles. The Kier molecular flexibility index (Phi) is 4.72. The molecule has 1 heterocycles. The summed E-state index contributed by atoms with van der Waals surface area (Å²) < 4.78 is 27.7. The molecule has 1 aliphatic heterocycles. The Bertz CT molecular complexity index is 374. The number of amidine groups is 1. The van der Waals surface area contributed by atoms with Gasteiger partial charge in [0, 0.05) is 13.1 Å². The average molecular weight is 264 g/mol. The molecule has 17 heavy (non-hydrogen) atoms. The largest absolute Gasteiger partial charge is 0.409 e. The molecule has 100 valence electrons. The van der Waals surface area contributed by atoms with Gasteiger partial charge >= 0.3 is 0 Å². The van der Waals surface area contributed by atoms with Crippen LogP contribution in [0.3, 0.4) is 0 Å². The normalized spacial score (nSPS) is 22.6. The highest BCUT2D eigenvalue weighted by atomic mass is 32.2. The van der Waals surface area contributed by atoms with E-state index < -0.39 is 16.3 Å². The van der Waals surface area contributed by atoms with Crippen molar-refractivity contribution in [3.63, 3.8) is 0 Å². The Balaban J connectivity index is 2.63. The molecule has 0 amide bonds. The highest BCUT2D eigenvalue weighted by molar-refractivity contribution is 7.87. The Morgan fingerprint density at radius 2 is 2.06 bits per heavy atom. The summed E-state index contributed by atoms with van der Waals surface area (Å²) in [6.07, 6.45) is 1.72. The standard InChI is InChI=1S/C9H20N4O3S/c1-7-3-5-13(6-4-7)17(15,16)12-8(2)9(10)11-14/h7-8,12,14H,3-6H2,1-2H3,(H2,10,11). The molecule has 7 nitrogen and oxygen atoms in total. The van der Waals surface area contributed by atoms with Gasteiger partial charge in [-0.3, -0.25) is 0 Å². The van der Waals surface area contributed by atoms with E-state index in [-0.39, 0.29) is 5.84 Å². The van der Waals surface area contributed by atoms with Crippen LogP contribution in [0, 0.1) is 5.92 Å². The second-order valence-corrected chi connectivity index (χ2v) is 6.15. The van der Waals surface area contributed by atoms with Crippen molar-refractivity contribution in [2.75, 3.05) is 13.1 Å². The smallest absolute Gasteiger partial charge is 0.280 e. The van der Waals surface area contributed by atoms with Crippen molar-refractivity contribution in [3.8, 4) is 0 Å². The summed E-state index contributed by atoms with van der Waals surface area (Å²) in [4.78, 5) is 0.